The zero-order chi connectivity index (χ0) is 10.6. The molecule has 1 heteroatoms. The Morgan fingerprint density at radius 2 is 2.07 bits per heavy atom. The fourth-order valence-electron chi connectivity index (χ4n) is 1.28. The second kappa shape index (κ2) is 4.47. The summed E-state index contributed by atoms with van der Waals surface area (Å²) in [6.07, 6.45) is 5.20. The first-order valence-electron chi connectivity index (χ1n) is 4.44. The molecule has 0 amide bonds. The standard InChI is InChI=1S/C13H14O/c1-4-6-11(5-2)12-9-10(3)7-8-13(12)14/h4-9,14H,1-2H2,3H3/b11-6+. The van der Waals surface area contributed by atoms with E-state index in [9.17, 15) is 5.11 Å². The normalized spacial score (nSPS) is 11.1. The molecule has 0 aliphatic carbocycles. The molecule has 1 nitrogen and oxygen atoms in total. The SMILES string of the molecule is C=C/C=C(\C=C)c1cc(C)ccc1O. The summed E-state index contributed by atoms with van der Waals surface area (Å²) in [6.45, 7) is 9.30. The van der Waals surface area contributed by atoms with Crippen LogP contribution in [-0.4, -0.2) is 5.11 Å². The number of hydrogen-bond acceptors (Lipinski definition) is 1. The summed E-state index contributed by atoms with van der Waals surface area (Å²) >= 11 is 0. The average molecular weight is 186 g/mol. The van der Waals surface area contributed by atoms with E-state index in [1.165, 1.54) is 0 Å². The number of aromatic hydroxyl groups is 1. The van der Waals surface area contributed by atoms with Crippen LogP contribution < -0.4 is 0 Å². The van der Waals surface area contributed by atoms with E-state index in [1.54, 1.807) is 18.2 Å². The van der Waals surface area contributed by atoms with E-state index in [-0.39, 0.29) is 5.75 Å². The van der Waals surface area contributed by atoms with E-state index in [2.05, 4.69) is 13.2 Å². The summed E-state index contributed by atoms with van der Waals surface area (Å²) in [5, 5.41) is 9.64. The van der Waals surface area contributed by atoms with E-state index in [4.69, 9.17) is 0 Å². The Morgan fingerprint density at radius 1 is 1.36 bits per heavy atom. The second-order valence-corrected chi connectivity index (χ2v) is 3.08. The van der Waals surface area contributed by atoms with E-state index < -0.39 is 0 Å². The minimum absolute atomic E-state index is 0.267. The van der Waals surface area contributed by atoms with Crippen molar-refractivity contribution in [2.24, 2.45) is 0 Å². The molecule has 0 unspecified atom stereocenters. The Kier molecular flexibility index (Phi) is 3.29. The number of allylic oxidation sites excluding steroid dienone is 4. The largest absolute Gasteiger partial charge is 0.507 e. The zero-order valence-electron chi connectivity index (χ0n) is 8.33. The maximum Gasteiger partial charge on any atom is 0.123 e. The van der Waals surface area contributed by atoms with Crippen LogP contribution in [0.25, 0.3) is 5.57 Å². The van der Waals surface area contributed by atoms with E-state index in [1.807, 2.05) is 25.1 Å². The van der Waals surface area contributed by atoms with Gasteiger partial charge in [0.15, 0.2) is 0 Å². The van der Waals surface area contributed by atoms with E-state index >= 15 is 0 Å². The second-order valence-electron chi connectivity index (χ2n) is 3.08. The van der Waals surface area contributed by atoms with Crippen LogP contribution in [-0.2, 0) is 0 Å². The molecule has 14 heavy (non-hydrogen) atoms. The predicted molar refractivity (Wildman–Crippen MR) is 61.2 cm³/mol. The van der Waals surface area contributed by atoms with Crippen molar-refractivity contribution >= 4 is 5.57 Å². The fourth-order valence-corrected chi connectivity index (χ4v) is 1.28. The third kappa shape index (κ3) is 2.13. The molecule has 1 aromatic rings. The van der Waals surface area contributed by atoms with Crippen LogP contribution in [0.5, 0.6) is 5.75 Å². The van der Waals surface area contributed by atoms with Crippen LogP contribution in [0.15, 0.2) is 49.6 Å². The lowest BCUT2D eigenvalue weighted by Crippen LogP contribution is -1.83. The number of rotatable bonds is 3. The molecule has 0 spiro atoms. The van der Waals surface area contributed by atoms with Gasteiger partial charge in [-0.2, -0.15) is 0 Å². The van der Waals surface area contributed by atoms with Gasteiger partial charge in [-0.25, -0.2) is 0 Å². The van der Waals surface area contributed by atoms with Gasteiger partial charge in [-0.3, -0.25) is 0 Å². The molecule has 0 aromatic heterocycles. The van der Waals surface area contributed by atoms with Gasteiger partial charge >= 0.3 is 0 Å². The Morgan fingerprint density at radius 3 is 2.64 bits per heavy atom. The van der Waals surface area contributed by atoms with Gasteiger partial charge in [0.1, 0.15) is 5.75 Å². The number of phenolic OH excluding ortho intramolecular Hbond substituents is 1. The van der Waals surface area contributed by atoms with Crippen molar-refractivity contribution in [3.63, 3.8) is 0 Å². The van der Waals surface area contributed by atoms with Crippen molar-refractivity contribution in [2.45, 2.75) is 6.92 Å². The smallest absolute Gasteiger partial charge is 0.123 e. The van der Waals surface area contributed by atoms with Crippen molar-refractivity contribution in [1.29, 1.82) is 0 Å². The third-order valence-corrected chi connectivity index (χ3v) is 1.98. The van der Waals surface area contributed by atoms with Gasteiger partial charge in [0.2, 0.25) is 0 Å². The maximum absolute atomic E-state index is 9.64. The van der Waals surface area contributed by atoms with Crippen molar-refractivity contribution in [2.75, 3.05) is 0 Å². The van der Waals surface area contributed by atoms with Gasteiger partial charge in [0.25, 0.3) is 0 Å². The predicted octanol–water partition coefficient (Wildman–Crippen LogP) is 3.46. The molecular formula is C13H14O. The molecule has 0 saturated heterocycles. The number of benzene rings is 1. The Bertz CT molecular complexity index is 386. The quantitative estimate of drug-likeness (QED) is 0.717. The van der Waals surface area contributed by atoms with Gasteiger partial charge in [-0.1, -0.05) is 43.0 Å². The first kappa shape index (κ1) is 10.3. The lowest BCUT2D eigenvalue weighted by molar-refractivity contribution is 0.473. The Balaban J connectivity index is 3.28. The highest BCUT2D eigenvalue weighted by molar-refractivity contribution is 5.78. The van der Waals surface area contributed by atoms with Crippen LogP contribution in [0.2, 0.25) is 0 Å². The lowest BCUT2D eigenvalue weighted by atomic mass is 10.0. The molecule has 0 atom stereocenters. The molecule has 0 saturated carbocycles. The number of phenols is 1. The van der Waals surface area contributed by atoms with Crippen LogP contribution in [0, 0.1) is 6.92 Å². The summed E-state index contributed by atoms with van der Waals surface area (Å²) in [5.41, 5.74) is 2.77. The first-order valence-corrected chi connectivity index (χ1v) is 4.44. The number of hydrogen-bond donors (Lipinski definition) is 1. The summed E-state index contributed by atoms with van der Waals surface area (Å²) in [7, 11) is 0. The molecular weight excluding hydrogens is 172 g/mol. The van der Waals surface area contributed by atoms with Gasteiger partial charge in [0.05, 0.1) is 0 Å². The van der Waals surface area contributed by atoms with Crippen molar-refractivity contribution in [3.8, 4) is 5.75 Å². The van der Waals surface area contributed by atoms with Gasteiger partial charge < -0.3 is 5.11 Å². The minimum Gasteiger partial charge on any atom is -0.507 e. The molecule has 1 rings (SSSR count). The molecule has 0 radical (unpaired) electrons. The topological polar surface area (TPSA) is 20.2 Å². The van der Waals surface area contributed by atoms with Gasteiger partial charge in [0, 0.05) is 5.56 Å². The van der Waals surface area contributed by atoms with Crippen molar-refractivity contribution < 1.29 is 5.11 Å². The zero-order valence-corrected chi connectivity index (χ0v) is 8.33. The molecule has 0 heterocycles. The van der Waals surface area contributed by atoms with E-state index in [0.29, 0.717) is 0 Å². The van der Waals surface area contributed by atoms with Crippen LogP contribution in [0.3, 0.4) is 0 Å². The maximum atomic E-state index is 9.64. The third-order valence-electron chi connectivity index (χ3n) is 1.98. The monoisotopic (exact) mass is 186 g/mol. The molecule has 72 valence electrons. The number of aryl methyl sites for hydroxylation is 1. The molecule has 0 bridgehead atoms. The molecule has 0 fully saturated rings. The van der Waals surface area contributed by atoms with Gasteiger partial charge in [-0.05, 0) is 24.6 Å². The Labute approximate surface area is 84.7 Å². The fraction of sp³-hybridized carbons (Fsp3) is 0.0769. The summed E-state index contributed by atoms with van der Waals surface area (Å²) < 4.78 is 0. The van der Waals surface area contributed by atoms with Gasteiger partial charge in [-0.15, -0.1) is 0 Å². The summed E-state index contributed by atoms with van der Waals surface area (Å²) in [6, 6.07) is 5.48. The Hall–Kier alpha value is -1.76. The summed E-state index contributed by atoms with van der Waals surface area (Å²) in [4.78, 5) is 0. The molecule has 0 aliphatic heterocycles. The minimum atomic E-state index is 0.267. The van der Waals surface area contributed by atoms with Crippen LogP contribution in [0.4, 0.5) is 0 Å². The van der Waals surface area contributed by atoms with Crippen molar-refractivity contribution in [3.05, 3.63) is 60.7 Å². The van der Waals surface area contributed by atoms with Crippen LogP contribution in [0.1, 0.15) is 11.1 Å². The molecule has 1 aromatic carbocycles. The van der Waals surface area contributed by atoms with E-state index in [0.717, 1.165) is 16.7 Å². The summed E-state index contributed by atoms with van der Waals surface area (Å²) in [5.74, 6) is 0.267. The molecule has 0 aliphatic rings. The highest BCUT2D eigenvalue weighted by atomic mass is 16.3. The highest BCUT2D eigenvalue weighted by Crippen LogP contribution is 2.26. The molecule has 1 N–H and O–H groups in total. The highest BCUT2D eigenvalue weighted by Gasteiger charge is 2.03. The first-order chi connectivity index (χ1) is 6.69. The van der Waals surface area contributed by atoms with Crippen molar-refractivity contribution in [1.82, 2.24) is 0 Å². The van der Waals surface area contributed by atoms with Crippen LogP contribution >= 0.6 is 0 Å². The lowest BCUT2D eigenvalue weighted by Gasteiger charge is -2.05. The average Bonchev–Trinajstić information content (AvgIpc) is 2.18.